The van der Waals surface area contributed by atoms with Gasteiger partial charge >= 0.3 is 0 Å². The third-order valence-electron chi connectivity index (χ3n) is 1.56. The van der Waals surface area contributed by atoms with Crippen molar-refractivity contribution in [3.05, 3.63) is 21.5 Å². The highest BCUT2D eigenvalue weighted by Crippen LogP contribution is 2.34. The largest absolute Gasteiger partial charge is 0.157 e. The van der Waals surface area contributed by atoms with Crippen molar-refractivity contribution in [2.45, 2.75) is 12.3 Å². The number of nitrogens with zero attached hydrogens (tertiary/aromatic N) is 2. The van der Waals surface area contributed by atoms with Gasteiger partial charge in [-0.2, -0.15) is 0 Å². The molecule has 2 nitrogen and oxygen atoms in total. The fraction of sp³-hybridized carbons (Fsp3) is 0.250. The lowest BCUT2D eigenvalue weighted by molar-refractivity contribution is 0.963. The van der Waals surface area contributed by atoms with Crippen LogP contribution in [0.4, 0.5) is 0 Å². The van der Waals surface area contributed by atoms with Crippen LogP contribution in [-0.4, -0.2) is 10.2 Å². The quantitative estimate of drug-likeness (QED) is 0.760. The number of hydrogen-bond acceptors (Lipinski definition) is 4. The molecule has 0 aromatic carbocycles. The van der Waals surface area contributed by atoms with Crippen molar-refractivity contribution in [3.63, 3.8) is 0 Å². The Labute approximate surface area is 99.5 Å². The van der Waals surface area contributed by atoms with Crippen molar-refractivity contribution in [2.75, 3.05) is 0 Å². The van der Waals surface area contributed by atoms with E-state index >= 15 is 0 Å². The first kappa shape index (κ1) is 10.4. The van der Waals surface area contributed by atoms with Gasteiger partial charge in [-0.05, 0) is 19.1 Å². The van der Waals surface area contributed by atoms with Crippen molar-refractivity contribution >= 4 is 45.9 Å². The number of halogens is 2. The molecule has 74 valence electrons. The third kappa shape index (κ3) is 2.08. The highest BCUT2D eigenvalue weighted by Gasteiger charge is 2.11. The summed E-state index contributed by atoms with van der Waals surface area (Å²) in [7, 11) is 0. The van der Waals surface area contributed by atoms with E-state index < -0.39 is 0 Å². The predicted octanol–water partition coefficient (Wildman–Crippen LogP) is 4.22. The molecule has 2 rings (SSSR count). The first-order valence-corrected chi connectivity index (χ1v) is 6.35. The molecule has 6 heteroatoms. The lowest BCUT2D eigenvalue weighted by atomic mass is 10.5. The second-order valence-electron chi connectivity index (χ2n) is 2.67. The van der Waals surface area contributed by atoms with Crippen LogP contribution in [0.15, 0.2) is 12.1 Å². The van der Waals surface area contributed by atoms with Gasteiger partial charge < -0.3 is 0 Å². The SMILES string of the molecule is CC(Cl)c1nnc(-c2ccc(Cl)s2)s1. The zero-order chi connectivity index (χ0) is 10.1. The Morgan fingerprint density at radius 1 is 1.29 bits per heavy atom. The Bertz CT molecular complexity index is 436. The lowest BCUT2D eigenvalue weighted by Gasteiger charge is -1.90. The van der Waals surface area contributed by atoms with Gasteiger partial charge in [-0.3, -0.25) is 0 Å². The number of hydrogen-bond donors (Lipinski definition) is 0. The molecule has 0 aliphatic carbocycles. The molecule has 14 heavy (non-hydrogen) atoms. The summed E-state index contributed by atoms with van der Waals surface area (Å²) in [4.78, 5) is 1.04. The normalized spacial score (nSPS) is 13.1. The van der Waals surface area contributed by atoms with E-state index in [1.165, 1.54) is 22.7 Å². The molecule has 2 aromatic heterocycles. The summed E-state index contributed by atoms with van der Waals surface area (Å²) in [5.41, 5.74) is 0. The Morgan fingerprint density at radius 2 is 2.07 bits per heavy atom. The monoisotopic (exact) mass is 264 g/mol. The zero-order valence-electron chi connectivity index (χ0n) is 7.20. The smallest absolute Gasteiger partial charge is 0.142 e. The van der Waals surface area contributed by atoms with E-state index in [9.17, 15) is 0 Å². The van der Waals surface area contributed by atoms with Crippen LogP contribution in [0.3, 0.4) is 0 Å². The third-order valence-corrected chi connectivity index (χ3v) is 4.41. The molecular weight excluding hydrogens is 259 g/mol. The second-order valence-corrected chi connectivity index (χ2v) is 6.04. The van der Waals surface area contributed by atoms with E-state index in [0.29, 0.717) is 0 Å². The van der Waals surface area contributed by atoms with Gasteiger partial charge in [0, 0.05) is 0 Å². The summed E-state index contributed by atoms with van der Waals surface area (Å²) in [6.45, 7) is 1.88. The van der Waals surface area contributed by atoms with Crippen LogP contribution in [0.2, 0.25) is 4.34 Å². The first-order chi connectivity index (χ1) is 6.66. The zero-order valence-corrected chi connectivity index (χ0v) is 10.3. The number of rotatable bonds is 2. The lowest BCUT2D eigenvalue weighted by Crippen LogP contribution is -1.80. The maximum absolute atomic E-state index is 5.89. The average Bonchev–Trinajstić information content (AvgIpc) is 2.70. The minimum absolute atomic E-state index is 0.0864. The molecule has 0 bridgehead atoms. The van der Waals surface area contributed by atoms with E-state index in [-0.39, 0.29) is 5.38 Å². The van der Waals surface area contributed by atoms with Gasteiger partial charge in [-0.1, -0.05) is 22.9 Å². The number of thiophene rings is 1. The van der Waals surface area contributed by atoms with Gasteiger partial charge in [0.1, 0.15) is 5.01 Å². The van der Waals surface area contributed by atoms with Crippen LogP contribution in [0, 0.1) is 0 Å². The molecule has 0 fully saturated rings. The van der Waals surface area contributed by atoms with Crippen LogP contribution < -0.4 is 0 Å². The van der Waals surface area contributed by atoms with Gasteiger partial charge in [0.15, 0.2) is 5.01 Å². The molecule has 0 spiro atoms. The van der Waals surface area contributed by atoms with E-state index in [0.717, 1.165) is 19.2 Å². The van der Waals surface area contributed by atoms with Crippen LogP contribution in [-0.2, 0) is 0 Å². The highest BCUT2D eigenvalue weighted by molar-refractivity contribution is 7.23. The summed E-state index contributed by atoms with van der Waals surface area (Å²) < 4.78 is 0.760. The molecule has 0 amide bonds. The molecule has 0 saturated heterocycles. The molecule has 1 unspecified atom stereocenters. The molecule has 0 aliphatic heterocycles. The van der Waals surface area contributed by atoms with Gasteiger partial charge in [0.05, 0.1) is 14.6 Å². The minimum Gasteiger partial charge on any atom is -0.142 e. The Morgan fingerprint density at radius 3 is 2.57 bits per heavy atom. The summed E-state index contributed by atoms with van der Waals surface area (Å²) in [6.07, 6.45) is 0. The summed E-state index contributed by atoms with van der Waals surface area (Å²) in [5, 5.41) is 9.69. The molecule has 2 aromatic rings. The molecule has 2 heterocycles. The van der Waals surface area contributed by atoms with Gasteiger partial charge in [-0.15, -0.1) is 33.1 Å². The van der Waals surface area contributed by atoms with Gasteiger partial charge in [0.2, 0.25) is 0 Å². The van der Waals surface area contributed by atoms with E-state index in [2.05, 4.69) is 10.2 Å². The summed E-state index contributed by atoms with van der Waals surface area (Å²) >= 11 is 14.7. The summed E-state index contributed by atoms with van der Waals surface area (Å²) in [5.74, 6) is 0. The Kier molecular flexibility index (Phi) is 3.07. The fourth-order valence-corrected chi connectivity index (χ4v) is 2.97. The number of aromatic nitrogens is 2. The summed E-state index contributed by atoms with van der Waals surface area (Å²) in [6, 6.07) is 3.79. The van der Waals surface area contributed by atoms with Gasteiger partial charge in [-0.25, -0.2) is 0 Å². The second kappa shape index (κ2) is 4.14. The molecule has 0 aliphatic rings. The topological polar surface area (TPSA) is 25.8 Å². The van der Waals surface area contributed by atoms with E-state index in [1.54, 1.807) is 0 Å². The van der Waals surface area contributed by atoms with Gasteiger partial charge in [0.25, 0.3) is 0 Å². The van der Waals surface area contributed by atoms with E-state index in [1.807, 2.05) is 19.1 Å². The average molecular weight is 265 g/mol. The van der Waals surface area contributed by atoms with Crippen LogP contribution in [0.1, 0.15) is 17.3 Å². The molecule has 0 radical (unpaired) electrons. The fourth-order valence-electron chi connectivity index (χ4n) is 0.924. The Balaban J connectivity index is 2.33. The predicted molar refractivity (Wildman–Crippen MR) is 62.5 cm³/mol. The maximum atomic E-state index is 5.89. The number of alkyl halides is 1. The van der Waals surface area contributed by atoms with Crippen LogP contribution in [0.25, 0.3) is 9.88 Å². The van der Waals surface area contributed by atoms with E-state index in [4.69, 9.17) is 23.2 Å². The highest BCUT2D eigenvalue weighted by atomic mass is 35.5. The van der Waals surface area contributed by atoms with Crippen molar-refractivity contribution in [2.24, 2.45) is 0 Å². The van der Waals surface area contributed by atoms with Crippen molar-refractivity contribution in [1.82, 2.24) is 10.2 Å². The van der Waals surface area contributed by atoms with Crippen molar-refractivity contribution < 1.29 is 0 Å². The molecule has 1 atom stereocenters. The van der Waals surface area contributed by atoms with Crippen molar-refractivity contribution in [1.29, 1.82) is 0 Å². The first-order valence-electron chi connectivity index (χ1n) is 3.90. The minimum atomic E-state index is -0.0864. The Hall–Kier alpha value is -0.160. The van der Waals surface area contributed by atoms with Crippen LogP contribution in [0.5, 0.6) is 0 Å². The molecule has 0 saturated carbocycles. The standard InChI is InChI=1S/C8H6Cl2N2S2/c1-4(9)7-11-12-8(14-7)5-2-3-6(10)13-5/h2-4H,1H3. The maximum Gasteiger partial charge on any atom is 0.157 e. The van der Waals surface area contributed by atoms with Crippen molar-refractivity contribution in [3.8, 4) is 9.88 Å². The van der Waals surface area contributed by atoms with Crippen LogP contribution >= 0.6 is 45.9 Å². The molecular formula is C8H6Cl2N2S2. The molecule has 0 N–H and O–H groups in total.